The fourth-order valence-electron chi connectivity index (χ4n) is 1.60. The van der Waals surface area contributed by atoms with Gasteiger partial charge in [-0.15, -0.1) is 0 Å². The van der Waals surface area contributed by atoms with Gasteiger partial charge >= 0.3 is 0 Å². The van der Waals surface area contributed by atoms with Gasteiger partial charge in [0.2, 0.25) is 0 Å². The predicted molar refractivity (Wildman–Crippen MR) is 57.9 cm³/mol. The Hall–Kier alpha value is -0.830. The quantitative estimate of drug-likeness (QED) is 0.691. The summed E-state index contributed by atoms with van der Waals surface area (Å²) in [6.45, 7) is 4.25. The summed E-state index contributed by atoms with van der Waals surface area (Å²) < 4.78 is 3.20. The number of rotatable bonds is 0. The maximum absolute atomic E-state index is 4.31. The van der Waals surface area contributed by atoms with Crippen LogP contribution < -0.4 is 0 Å². The Kier molecular flexibility index (Phi) is 1.91. The number of aromatic nitrogens is 2. The molecule has 0 spiro atoms. The van der Waals surface area contributed by atoms with Gasteiger partial charge in [0.25, 0.3) is 0 Å². The molecule has 3 heteroatoms. The van der Waals surface area contributed by atoms with Gasteiger partial charge in [-0.3, -0.25) is 0 Å². The molecule has 0 unspecified atom stereocenters. The first-order chi connectivity index (χ1) is 6.11. The van der Waals surface area contributed by atoms with E-state index in [1.165, 1.54) is 16.6 Å². The summed E-state index contributed by atoms with van der Waals surface area (Å²) in [6.07, 6.45) is 1.85. The summed E-state index contributed by atoms with van der Waals surface area (Å²) in [7, 11) is 2.02. The fourth-order valence-corrected chi connectivity index (χ4v) is 2.11. The van der Waals surface area contributed by atoms with E-state index in [4.69, 9.17) is 0 Å². The monoisotopic (exact) mass is 238 g/mol. The van der Waals surface area contributed by atoms with E-state index in [2.05, 4.69) is 45.4 Å². The molecule has 0 aliphatic carbocycles. The highest BCUT2D eigenvalue weighted by atomic mass is 79.9. The van der Waals surface area contributed by atoms with E-state index in [0.717, 1.165) is 9.99 Å². The lowest BCUT2D eigenvalue weighted by Gasteiger charge is -2.05. The van der Waals surface area contributed by atoms with Crippen molar-refractivity contribution in [2.75, 3.05) is 0 Å². The number of fused-ring (bicyclic) bond motifs is 1. The zero-order valence-corrected chi connectivity index (χ0v) is 9.51. The van der Waals surface area contributed by atoms with Crippen LogP contribution in [-0.4, -0.2) is 9.55 Å². The highest BCUT2D eigenvalue weighted by molar-refractivity contribution is 9.10. The Morgan fingerprint density at radius 2 is 2.00 bits per heavy atom. The van der Waals surface area contributed by atoms with Crippen LogP contribution in [0.1, 0.15) is 11.1 Å². The van der Waals surface area contributed by atoms with Gasteiger partial charge in [0.1, 0.15) is 0 Å². The van der Waals surface area contributed by atoms with Gasteiger partial charge in [-0.05, 0) is 31.0 Å². The van der Waals surface area contributed by atoms with Crippen LogP contribution in [0.5, 0.6) is 0 Å². The fraction of sp³-hybridized carbons (Fsp3) is 0.300. The summed E-state index contributed by atoms with van der Waals surface area (Å²) >= 11 is 3.53. The van der Waals surface area contributed by atoms with Crippen LogP contribution in [0.3, 0.4) is 0 Å². The minimum absolute atomic E-state index is 1.05. The van der Waals surface area contributed by atoms with Crippen molar-refractivity contribution in [2.45, 2.75) is 13.8 Å². The minimum atomic E-state index is 1.05. The van der Waals surface area contributed by atoms with Gasteiger partial charge in [0.05, 0.1) is 17.4 Å². The Balaban J connectivity index is 2.97. The van der Waals surface area contributed by atoms with Crippen molar-refractivity contribution < 1.29 is 0 Å². The SMILES string of the molecule is Cc1c(Br)cc2ncn(C)c2c1C. The molecule has 68 valence electrons. The standard InChI is InChI=1S/C10H11BrN2/c1-6-7(2)10-9(4-8(6)11)12-5-13(10)3/h4-5H,1-3H3. The average Bonchev–Trinajstić information content (AvgIpc) is 2.43. The van der Waals surface area contributed by atoms with Gasteiger partial charge in [0.15, 0.2) is 0 Å². The molecule has 0 fully saturated rings. The maximum Gasteiger partial charge on any atom is 0.0955 e. The molecule has 1 aromatic carbocycles. The van der Waals surface area contributed by atoms with Gasteiger partial charge < -0.3 is 4.57 Å². The molecule has 0 N–H and O–H groups in total. The number of hydrogen-bond donors (Lipinski definition) is 0. The lowest BCUT2D eigenvalue weighted by molar-refractivity contribution is 0.942. The minimum Gasteiger partial charge on any atom is -0.334 e. The lowest BCUT2D eigenvalue weighted by Crippen LogP contribution is -1.91. The first-order valence-corrected chi connectivity index (χ1v) is 4.97. The van der Waals surface area contributed by atoms with Crippen LogP contribution in [0.4, 0.5) is 0 Å². The zero-order chi connectivity index (χ0) is 9.59. The second-order valence-corrected chi connectivity index (χ2v) is 4.19. The molecule has 1 heterocycles. The van der Waals surface area contributed by atoms with Crippen LogP contribution in [0.2, 0.25) is 0 Å². The number of halogens is 1. The summed E-state index contributed by atoms with van der Waals surface area (Å²) in [5.41, 5.74) is 4.86. The number of benzene rings is 1. The molecular formula is C10H11BrN2. The van der Waals surface area contributed by atoms with Crippen LogP contribution in [0.15, 0.2) is 16.9 Å². The first kappa shape index (κ1) is 8.75. The zero-order valence-electron chi connectivity index (χ0n) is 7.93. The predicted octanol–water partition coefficient (Wildman–Crippen LogP) is 2.95. The molecule has 2 aromatic rings. The van der Waals surface area contributed by atoms with E-state index in [9.17, 15) is 0 Å². The molecule has 0 aliphatic heterocycles. The number of nitrogens with zero attached hydrogens (tertiary/aromatic N) is 2. The van der Waals surface area contributed by atoms with Gasteiger partial charge in [-0.25, -0.2) is 4.98 Å². The number of aryl methyl sites for hydroxylation is 2. The largest absolute Gasteiger partial charge is 0.334 e. The van der Waals surface area contributed by atoms with E-state index < -0.39 is 0 Å². The van der Waals surface area contributed by atoms with E-state index >= 15 is 0 Å². The van der Waals surface area contributed by atoms with Crippen molar-refractivity contribution in [3.05, 3.63) is 28.0 Å². The third kappa shape index (κ3) is 1.18. The van der Waals surface area contributed by atoms with Crippen LogP contribution in [-0.2, 0) is 7.05 Å². The lowest BCUT2D eigenvalue weighted by atomic mass is 10.1. The van der Waals surface area contributed by atoms with Crippen molar-refractivity contribution in [3.63, 3.8) is 0 Å². The Morgan fingerprint density at radius 3 is 2.69 bits per heavy atom. The molecular weight excluding hydrogens is 228 g/mol. The molecule has 0 amide bonds. The van der Waals surface area contributed by atoms with Crippen molar-refractivity contribution in [1.82, 2.24) is 9.55 Å². The Labute approximate surface area is 85.7 Å². The molecule has 0 saturated carbocycles. The molecule has 2 nitrogen and oxygen atoms in total. The number of hydrogen-bond acceptors (Lipinski definition) is 1. The first-order valence-electron chi connectivity index (χ1n) is 4.18. The van der Waals surface area contributed by atoms with E-state index in [-0.39, 0.29) is 0 Å². The van der Waals surface area contributed by atoms with Crippen molar-refractivity contribution >= 4 is 27.0 Å². The summed E-state index contributed by atoms with van der Waals surface area (Å²) in [5, 5.41) is 0. The second-order valence-electron chi connectivity index (χ2n) is 3.33. The van der Waals surface area contributed by atoms with Crippen molar-refractivity contribution in [2.24, 2.45) is 7.05 Å². The van der Waals surface area contributed by atoms with Crippen molar-refractivity contribution in [3.8, 4) is 0 Å². The third-order valence-electron chi connectivity index (χ3n) is 2.50. The van der Waals surface area contributed by atoms with Crippen LogP contribution in [0.25, 0.3) is 11.0 Å². The van der Waals surface area contributed by atoms with Crippen molar-refractivity contribution in [1.29, 1.82) is 0 Å². The molecule has 13 heavy (non-hydrogen) atoms. The topological polar surface area (TPSA) is 17.8 Å². The molecule has 0 atom stereocenters. The highest BCUT2D eigenvalue weighted by Gasteiger charge is 2.08. The van der Waals surface area contributed by atoms with Gasteiger partial charge in [0, 0.05) is 11.5 Å². The summed E-state index contributed by atoms with van der Waals surface area (Å²) in [4.78, 5) is 4.31. The molecule has 0 bridgehead atoms. The maximum atomic E-state index is 4.31. The molecule has 2 rings (SSSR count). The third-order valence-corrected chi connectivity index (χ3v) is 3.33. The van der Waals surface area contributed by atoms with Gasteiger partial charge in [-0.2, -0.15) is 0 Å². The Morgan fingerprint density at radius 1 is 1.31 bits per heavy atom. The van der Waals surface area contributed by atoms with E-state index in [1.807, 2.05) is 13.4 Å². The second kappa shape index (κ2) is 2.84. The average molecular weight is 239 g/mol. The normalized spacial score (nSPS) is 11.1. The smallest absolute Gasteiger partial charge is 0.0955 e. The summed E-state index contributed by atoms with van der Waals surface area (Å²) in [5.74, 6) is 0. The van der Waals surface area contributed by atoms with Gasteiger partial charge in [-0.1, -0.05) is 15.9 Å². The van der Waals surface area contributed by atoms with E-state index in [0.29, 0.717) is 0 Å². The molecule has 1 aromatic heterocycles. The van der Waals surface area contributed by atoms with E-state index in [1.54, 1.807) is 0 Å². The Bertz CT molecular complexity index is 471. The van der Waals surface area contributed by atoms with Crippen LogP contribution >= 0.6 is 15.9 Å². The molecule has 0 radical (unpaired) electrons. The molecule has 0 saturated heterocycles. The summed E-state index contributed by atoms with van der Waals surface area (Å²) in [6, 6.07) is 2.07. The molecule has 0 aliphatic rings. The highest BCUT2D eigenvalue weighted by Crippen LogP contribution is 2.27. The number of imidazole rings is 1. The van der Waals surface area contributed by atoms with Crippen LogP contribution in [0, 0.1) is 13.8 Å².